The molecule has 0 aliphatic rings. The second kappa shape index (κ2) is 11.5. The molecule has 1 N–H and O–H groups in total. The average molecular weight is 409 g/mol. The fraction of sp³-hybridized carbons (Fsp3) is 0.462. The van der Waals surface area contributed by atoms with Crippen LogP contribution in [0.25, 0.3) is 0 Å². The highest BCUT2D eigenvalue weighted by atomic mass is 16.2. The van der Waals surface area contributed by atoms with Gasteiger partial charge in [-0.3, -0.25) is 9.59 Å². The van der Waals surface area contributed by atoms with Crippen molar-refractivity contribution < 1.29 is 9.59 Å². The maximum absolute atomic E-state index is 13.4. The third kappa shape index (κ3) is 6.45. The molecule has 0 unspecified atom stereocenters. The van der Waals surface area contributed by atoms with E-state index in [4.69, 9.17) is 0 Å². The zero-order valence-electron chi connectivity index (χ0n) is 19.1. The molecule has 0 saturated heterocycles. The lowest BCUT2D eigenvalue weighted by Gasteiger charge is -2.31. The van der Waals surface area contributed by atoms with E-state index in [0.717, 1.165) is 29.5 Å². The molecule has 0 spiro atoms. The highest BCUT2D eigenvalue weighted by Crippen LogP contribution is 2.18. The minimum Gasteiger partial charge on any atom is -0.354 e. The Labute approximate surface area is 181 Å². The molecule has 0 aliphatic heterocycles. The fourth-order valence-corrected chi connectivity index (χ4v) is 3.59. The van der Waals surface area contributed by atoms with E-state index in [1.165, 1.54) is 11.1 Å². The van der Waals surface area contributed by atoms with E-state index in [2.05, 4.69) is 38.2 Å². The Bertz CT molecular complexity index is 860. The molecule has 1 atom stereocenters. The molecule has 0 aliphatic carbocycles. The van der Waals surface area contributed by atoms with Crippen molar-refractivity contribution in [3.8, 4) is 0 Å². The molecule has 0 saturated carbocycles. The lowest BCUT2D eigenvalue weighted by Crippen LogP contribution is -2.49. The number of hydrogen-bond donors (Lipinski definition) is 1. The summed E-state index contributed by atoms with van der Waals surface area (Å²) in [6, 6.07) is 13.7. The fourth-order valence-electron chi connectivity index (χ4n) is 3.59. The molecule has 0 bridgehead atoms. The number of unbranched alkanes of at least 4 members (excludes halogenated alkanes) is 1. The molecule has 2 aromatic rings. The van der Waals surface area contributed by atoms with E-state index in [9.17, 15) is 9.59 Å². The third-order valence-corrected chi connectivity index (χ3v) is 5.74. The largest absolute Gasteiger partial charge is 0.354 e. The van der Waals surface area contributed by atoms with Gasteiger partial charge in [0, 0.05) is 13.1 Å². The number of amides is 2. The van der Waals surface area contributed by atoms with Crippen LogP contribution in [-0.2, 0) is 22.6 Å². The lowest BCUT2D eigenvalue weighted by molar-refractivity contribution is -0.140. The summed E-state index contributed by atoms with van der Waals surface area (Å²) in [5, 5.41) is 3.02. The molecule has 2 aromatic carbocycles. The van der Waals surface area contributed by atoms with Gasteiger partial charge in [0.25, 0.3) is 0 Å². The first-order valence-corrected chi connectivity index (χ1v) is 11.0. The van der Waals surface area contributed by atoms with Crippen LogP contribution in [0.3, 0.4) is 0 Å². The summed E-state index contributed by atoms with van der Waals surface area (Å²) in [5.41, 5.74) is 5.58. The van der Waals surface area contributed by atoms with Crippen LogP contribution in [0.2, 0.25) is 0 Å². The van der Waals surface area contributed by atoms with Gasteiger partial charge < -0.3 is 10.2 Å². The van der Waals surface area contributed by atoms with Gasteiger partial charge in [0.15, 0.2) is 0 Å². The monoisotopic (exact) mass is 408 g/mol. The van der Waals surface area contributed by atoms with Crippen molar-refractivity contribution in [3.63, 3.8) is 0 Å². The molecule has 0 radical (unpaired) electrons. The molecule has 2 amide bonds. The first-order chi connectivity index (χ1) is 14.4. The van der Waals surface area contributed by atoms with Crippen LogP contribution in [0.4, 0.5) is 0 Å². The van der Waals surface area contributed by atoms with Crippen molar-refractivity contribution in [3.05, 3.63) is 70.3 Å². The number of rotatable bonds is 10. The molecule has 0 fully saturated rings. The van der Waals surface area contributed by atoms with Crippen molar-refractivity contribution in [2.75, 3.05) is 6.54 Å². The van der Waals surface area contributed by atoms with Gasteiger partial charge in [-0.05, 0) is 61.4 Å². The number of carbonyl (C=O) groups is 2. The zero-order chi connectivity index (χ0) is 22.1. The van der Waals surface area contributed by atoms with Crippen molar-refractivity contribution >= 4 is 11.8 Å². The van der Waals surface area contributed by atoms with E-state index in [1.54, 1.807) is 4.90 Å². The normalized spacial score (nSPS) is 11.8. The molecular formula is C26H36N2O2. The third-order valence-electron chi connectivity index (χ3n) is 5.74. The van der Waals surface area contributed by atoms with Crippen LogP contribution in [-0.4, -0.2) is 29.3 Å². The summed E-state index contributed by atoms with van der Waals surface area (Å²) in [6.45, 7) is 11.3. The zero-order valence-corrected chi connectivity index (χ0v) is 19.1. The predicted octanol–water partition coefficient (Wildman–Crippen LogP) is 4.88. The second-order valence-corrected chi connectivity index (χ2v) is 8.11. The van der Waals surface area contributed by atoms with Gasteiger partial charge >= 0.3 is 0 Å². The molecule has 30 heavy (non-hydrogen) atoms. The number of hydrogen-bond acceptors (Lipinski definition) is 2. The highest BCUT2D eigenvalue weighted by Gasteiger charge is 2.28. The summed E-state index contributed by atoms with van der Waals surface area (Å²) in [5.74, 6) is -0.0769. The van der Waals surface area contributed by atoms with E-state index in [1.807, 2.05) is 44.2 Å². The standard InChI is InChI=1S/C26H36N2O2/c1-6-8-15-27-26(30)24(7-2)28(18-23-12-10-9-11-20(23)4)25(29)17-22-14-13-19(3)21(5)16-22/h9-14,16,24H,6-8,15,17-18H2,1-5H3,(H,27,30)/t24-/m1/s1. The number of nitrogens with zero attached hydrogens (tertiary/aromatic N) is 1. The van der Waals surface area contributed by atoms with Gasteiger partial charge in [0.1, 0.15) is 6.04 Å². The molecule has 4 heteroatoms. The van der Waals surface area contributed by atoms with E-state index in [-0.39, 0.29) is 11.8 Å². The lowest BCUT2D eigenvalue weighted by atomic mass is 10.0. The highest BCUT2D eigenvalue weighted by molar-refractivity contribution is 5.88. The number of carbonyl (C=O) groups excluding carboxylic acids is 2. The number of nitrogens with one attached hydrogen (secondary N) is 1. The van der Waals surface area contributed by atoms with E-state index in [0.29, 0.717) is 25.9 Å². The Morgan fingerprint density at radius 3 is 2.33 bits per heavy atom. The van der Waals surface area contributed by atoms with Crippen LogP contribution in [0.15, 0.2) is 42.5 Å². The predicted molar refractivity (Wildman–Crippen MR) is 123 cm³/mol. The Balaban J connectivity index is 2.28. The maximum Gasteiger partial charge on any atom is 0.242 e. The first kappa shape index (κ1) is 23.7. The Morgan fingerprint density at radius 2 is 1.70 bits per heavy atom. The van der Waals surface area contributed by atoms with Gasteiger partial charge in [0.2, 0.25) is 11.8 Å². The van der Waals surface area contributed by atoms with Crippen molar-refractivity contribution in [1.82, 2.24) is 10.2 Å². The minimum absolute atomic E-state index is 0.0148. The first-order valence-electron chi connectivity index (χ1n) is 11.0. The quantitative estimate of drug-likeness (QED) is 0.570. The molecule has 2 rings (SSSR count). The van der Waals surface area contributed by atoms with Crippen LogP contribution in [0, 0.1) is 20.8 Å². The smallest absolute Gasteiger partial charge is 0.242 e. The second-order valence-electron chi connectivity index (χ2n) is 8.11. The molecule has 0 aromatic heterocycles. The SMILES string of the molecule is CCCCNC(=O)[C@@H](CC)N(Cc1ccccc1C)C(=O)Cc1ccc(C)c(C)c1. The van der Waals surface area contributed by atoms with Gasteiger partial charge in [-0.1, -0.05) is 62.7 Å². The number of benzene rings is 2. The van der Waals surface area contributed by atoms with Crippen LogP contribution in [0.1, 0.15) is 60.9 Å². The topological polar surface area (TPSA) is 49.4 Å². The Kier molecular flexibility index (Phi) is 9.10. The van der Waals surface area contributed by atoms with E-state index >= 15 is 0 Å². The van der Waals surface area contributed by atoms with Crippen molar-refractivity contribution in [2.45, 2.75) is 72.9 Å². The summed E-state index contributed by atoms with van der Waals surface area (Å²) in [4.78, 5) is 28.1. The molecular weight excluding hydrogens is 372 g/mol. The van der Waals surface area contributed by atoms with E-state index < -0.39 is 6.04 Å². The summed E-state index contributed by atoms with van der Waals surface area (Å²) in [6.07, 6.45) is 2.85. The molecule has 162 valence electrons. The summed E-state index contributed by atoms with van der Waals surface area (Å²) >= 11 is 0. The molecule has 4 nitrogen and oxygen atoms in total. The van der Waals surface area contributed by atoms with Crippen LogP contribution < -0.4 is 5.32 Å². The van der Waals surface area contributed by atoms with Gasteiger partial charge in [0.05, 0.1) is 6.42 Å². The van der Waals surface area contributed by atoms with Crippen molar-refractivity contribution in [2.24, 2.45) is 0 Å². The maximum atomic E-state index is 13.4. The number of aryl methyl sites for hydroxylation is 3. The Morgan fingerprint density at radius 1 is 0.967 bits per heavy atom. The van der Waals surface area contributed by atoms with Crippen LogP contribution >= 0.6 is 0 Å². The van der Waals surface area contributed by atoms with Crippen LogP contribution in [0.5, 0.6) is 0 Å². The molecule has 0 heterocycles. The average Bonchev–Trinajstić information content (AvgIpc) is 2.72. The Hall–Kier alpha value is -2.62. The minimum atomic E-state index is -0.472. The summed E-state index contributed by atoms with van der Waals surface area (Å²) < 4.78 is 0. The van der Waals surface area contributed by atoms with Gasteiger partial charge in [-0.25, -0.2) is 0 Å². The van der Waals surface area contributed by atoms with Gasteiger partial charge in [-0.15, -0.1) is 0 Å². The van der Waals surface area contributed by atoms with Gasteiger partial charge in [-0.2, -0.15) is 0 Å². The summed E-state index contributed by atoms with van der Waals surface area (Å²) in [7, 11) is 0. The van der Waals surface area contributed by atoms with Crippen molar-refractivity contribution in [1.29, 1.82) is 0 Å².